The fourth-order valence-corrected chi connectivity index (χ4v) is 3.28. The lowest BCUT2D eigenvalue weighted by Gasteiger charge is -2.26. The van der Waals surface area contributed by atoms with Gasteiger partial charge < -0.3 is 14.2 Å². The predicted molar refractivity (Wildman–Crippen MR) is 72.7 cm³/mol. The Hall–Kier alpha value is -0.210. The van der Waals surface area contributed by atoms with Gasteiger partial charge in [-0.15, -0.1) is 0 Å². The minimum atomic E-state index is -3.39. The fourth-order valence-electron chi connectivity index (χ4n) is 2.88. The smallest absolute Gasteiger partial charge is 0.264 e. The second-order valence-corrected chi connectivity index (χ2v) is 7.76. The second kappa shape index (κ2) is 5.88. The van der Waals surface area contributed by atoms with Crippen LogP contribution in [0.4, 0.5) is 0 Å². The molecule has 0 amide bonds. The molecule has 4 atom stereocenters. The Morgan fingerprint density at radius 1 is 1.30 bits per heavy atom. The number of hydrogen-bond donors (Lipinski definition) is 0. The fraction of sp³-hybridized carbons (Fsp3) is 1.00. The van der Waals surface area contributed by atoms with Crippen molar-refractivity contribution < 1.29 is 26.8 Å². The zero-order valence-electron chi connectivity index (χ0n) is 12.5. The van der Waals surface area contributed by atoms with Crippen LogP contribution >= 0.6 is 0 Å². The summed E-state index contributed by atoms with van der Waals surface area (Å²) in [5, 5.41) is 0. The molecule has 0 N–H and O–H groups in total. The van der Waals surface area contributed by atoms with Gasteiger partial charge in [0.25, 0.3) is 10.1 Å². The SMILES string of the molecule is C[C@H]1COC(C2COC(C)(C)O2)[C@H]1CCOS(C)(=O)=O. The maximum atomic E-state index is 11.0. The van der Waals surface area contributed by atoms with Crippen LogP contribution in [0, 0.1) is 11.8 Å². The van der Waals surface area contributed by atoms with E-state index in [2.05, 4.69) is 6.92 Å². The summed E-state index contributed by atoms with van der Waals surface area (Å²) in [6, 6.07) is 0. The van der Waals surface area contributed by atoms with Crippen LogP contribution in [0.3, 0.4) is 0 Å². The lowest BCUT2D eigenvalue weighted by molar-refractivity contribution is -0.155. The molecule has 0 aromatic heterocycles. The van der Waals surface area contributed by atoms with E-state index in [0.29, 0.717) is 25.6 Å². The van der Waals surface area contributed by atoms with Crippen molar-refractivity contribution in [3.63, 3.8) is 0 Å². The van der Waals surface area contributed by atoms with Gasteiger partial charge in [-0.3, -0.25) is 4.18 Å². The molecule has 0 spiro atoms. The first-order valence-corrected chi connectivity index (χ1v) is 8.77. The first-order valence-electron chi connectivity index (χ1n) is 6.96. The highest BCUT2D eigenvalue weighted by atomic mass is 32.2. The summed E-state index contributed by atoms with van der Waals surface area (Å²) in [5.41, 5.74) is 0. The third-order valence-corrected chi connectivity index (χ3v) is 4.44. The van der Waals surface area contributed by atoms with Crippen LogP contribution in [0.15, 0.2) is 0 Å². The lowest BCUT2D eigenvalue weighted by Crippen LogP contribution is -2.36. The molecule has 0 bridgehead atoms. The van der Waals surface area contributed by atoms with Gasteiger partial charge in [-0.1, -0.05) is 6.92 Å². The highest BCUT2D eigenvalue weighted by Gasteiger charge is 2.45. The summed E-state index contributed by atoms with van der Waals surface area (Å²) in [6.07, 6.45) is 1.54. The molecule has 2 aliphatic heterocycles. The normalized spacial score (nSPS) is 37.4. The van der Waals surface area contributed by atoms with E-state index in [9.17, 15) is 8.42 Å². The van der Waals surface area contributed by atoms with Crippen molar-refractivity contribution in [1.29, 1.82) is 0 Å². The number of ether oxygens (including phenoxy) is 3. The summed E-state index contributed by atoms with van der Waals surface area (Å²) in [6.45, 7) is 7.22. The van der Waals surface area contributed by atoms with Crippen LogP contribution in [-0.4, -0.2) is 52.5 Å². The van der Waals surface area contributed by atoms with Crippen LogP contribution in [0.1, 0.15) is 27.2 Å². The van der Waals surface area contributed by atoms with Crippen LogP contribution in [-0.2, 0) is 28.5 Å². The Labute approximate surface area is 120 Å². The molecule has 2 heterocycles. The molecule has 2 rings (SSSR count). The Bertz CT molecular complexity index is 432. The van der Waals surface area contributed by atoms with Gasteiger partial charge in [0.05, 0.1) is 32.2 Å². The molecular formula is C13H24O6S. The molecular weight excluding hydrogens is 284 g/mol. The summed E-state index contributed by atoms with van der Waals surface area (Å²) in [7, 11) is -3.39. The summed E-state index contributed by atoms with van der Waals surface area (Å²) >= 11 is 0. The van der Waals surface area contributed by atoms with Crippen molar-refractivity contribution in [3.8, 4) is 0 Å². The van der Waals surface area contributed by atoms with E-state index in [-0.39, 0.29) is 24.7 Å². The topological polar surface area (TPSA) is 71.1 Å². The molecule has 2 fully saturated rings. The first-order chi connectivity index (χ1) is 9.18. The molecule has 0 saturated carbocycles. The molecule has 2 unspecified atom stereocenters. The average molecular weight is 308 g/mol. The van der Waals surface area contributed by atoms with E-state index < -0.39 is 15.9 Å². The summed E-state index contributed by atoms with van der Waals surface area (Å²) in [4.78, 5) is 0. The molecule has 118 valence electrons. The van der Waals surface area contributed by atoms with Crippen molar-refractivity contribution in [2.75, 3.05) is 26.1 Å². The second-order valence-electron chi connectivity index (χ2n) is 6.12. The van der Waals surface area contributed by atoms with Crippen molar-refractivity contribution in [1.82, 2.24) is 0 Å². The van der Waals surface area contributed by atoms with E-state index in [1.807, 2.05) is 13.8 Å². The van der Waals surface area contributed by atoms with Gasteiger partial charge >= 0.3 is 0 Å². The Kier molecular flexibility index (Phi) is 4.76. The van der Waals surface area contributed by atoms with E-state index >= 15 is 0 Å². The van der Waals surface area contributed by atoms with Gasteiger partial charge in [0.1, 0.15) is 6.10 Å². The van der Waals surface area contributed by atoms with E-state index in [1.165, 1.54) is 0 Å². The zero-order chi connectivity index (χ0) is 15.0. The third kappa shape index (κ3) is 4.14. The molecule has 7 heteroatoms. The van der Waals surface area contributed by atoms with Crippen molar-refractivity contribution in [2.24, 2.45) is 11.8 Å². The van der Waals surface area contributed by atoms with Gasteiger partial charge in [-0.05, 0) is 32.1 Å². The number of rotatable bonds is 5. The molecule has 2 aliphatic rings. The third-order valence-electron chi connectivity index (χ3n) is 3.85. The average Bonchev–Trinajstić information content (AvgIpc) is 2.81. The van der Waals surface area contributed by atoms with Gasteiger partial charge in [-0.25, -0.2) is 0 Å². The minimum Gasteiger partial charge on any atom is -0.375 e. The van der Waals surface area contributed by atoms with E-state index in [1.54, 1.807) is 0 Å². The lowest BCUT2D eigenvalue weighted by atomic mass is 9.87. The Balaban J connectivity index is 1.92. The van der Waals surface area contributed by atoms with Crippen molar-refractivity contribution >= 4 is 10.1 Å². The monoisotopic (exact) mass is 308 g/mol. The van der Waals surface area contributed by atoms with E-state index in [0.717, 1.165) is 6.26 Å². The quantitative estimate of drug-likeness (QED) is 0.710. The minimum absolute atomic E-state index is 0.0602. The van der Waals surface area contributed by atoms with Crippen molar-refractivity contribution in [2.45, 2.75) is 45.2 Å². The zero-order valence-corrected chi connectivity index (χ0v) is 13.3. The first kappa shape index (κ1) is 16.2. The van der Waals surface area contributed by atoms with Crippen LogP contribution in [0.25, 0.3) is 0 Å². The molecule has 0 radical (unpaired) electrons. The largest absolute Gasteiger partial charge is 0.375 e. The van der Waals surface area contributed by atoms with E-state index in [4.69, 9.17) is 18.4 Å². The Morgan fingerprint density at radius 2 is 2.00 bits per heavy atom. The number of hydrogen-bond acceptors (Lipinski definition) is 6. The van der Waals surface area contributed by atoms with Gasteiger partial charge in [-0.2, -0.15) is 8.42 Å². The molecule has 0 aliphatic carbocycles. The van der Waals surface area contributed by atoms with Crippen LogP contribution < -0.4 is 0 Å². The van der Waals surface area contributed by atoms with Gasteiger partial charge in [0, 0.05) is 0 Å². The van der Waals surface area contributed by atoms with Gasteiger partial charge in [0.2, 0.25) is 0 Å². The van der Waals surface area contributed by atoms with Gasteiger partial charge in [0.15, 0.2) is 5.79 Å². The van der Waals surface area contributed by atoms with Crippen molar-refractivity contribution in [3.05, 3.63) is 0 Å². The molecule has 2 saturated heterocycles. The van der Waals surface area contributed by atoms with Crippen LogP contribution in [0.5, 0.6) is 0 Å². The summed E-state index contributed by atoms with van der Waals surface area (Å²) < 4.78 is 44.1. The maximum Gasteiger partial charge on any atom is 0.264 e. The highest BCUT2D eigenvalue weighted by molar-refractivity contribution is 7.85. The molecule has 0 aromatic carbocycles. The summed E-state index contributed by atoms with van der Waals surface area (Å²) in [5.74, 6) is 0.00272. The molecule has 20 heavy (non-hydrogen) atoms. The Morgan fingerprint density at radius 3 is 2.55 bits per heavy atom. The van der Waals surface area contributed by atoms with Crippen LogP contribution in [0.2, 0.25) is 0 Å². The standard InChI is InChI=1S/C13H24O6S/c1-9-7-16-12(11-8-17-13(2,3)19-11)10(9)5-6-18-20(4,14)15/h9-12H,5-8H2,1-4H3/t9-,10-,11?,12?/m0/s1. The highest BCUT2D eigenvalue weighted by Crippen LogP contribution is 2.36. The predicted octanol–water partition coefficient (Wildman–Crippen LogP) is 1.16. The molecule has 6 nitrogen and oxygen atoms in total. The maximum absolute atomic E-state index is 11.0. The molecule has 0 aromatic rings.